The van der Waals surface area contributed by atoms with Gasteiger partial charge in [-0.15, -0.1) is 0 Å². The van der Waals surface area contributed by atoms with Crippen LogP contribution in [0.2, 0.25) is 0 Å². The predicted octanol–water partition coefficient (Wildman–Crippen LogP) is 6.03. The quantitative estimate of drug-likeness (QED) is 0.278. The van der Waals surface area contributed by atoms with Crippen LogP contribution in [0.25, 0.3) is 11.3 Å². The topological polar surface area (TPSA) is 126 Å². The van der Waals surface area contributed by atoms with Gasteiger partial charge in [0.25, 0.3) is 0 Å². The molecule has 3 aromatic carbocycles. The molecule has 0 saturated carbocycles. The van der Waals surface area contributed by atoms with Gasteiger partial charge in [-0.05, 0) is 67.8 Å². The highest BCUT2D eigenvalue weighted by molar-refractivity contribution is 7.48. The molecule has 1 aliphatic rings. The lowest BCUT2D eigenvalue weighted by Gasteiger charge is -2.21. The van der Waals surface area contributed by atoms with Crippen molar-refractivity contribution >= 4 is 19.2 Å². The largest absolute Gasteiger partial charge is 0.530 e. The van der Waals surface area contributed by atoms with Crippen LogP contribution in [0.4, 0.5) is 0 Å². The molecule has 0 heterocycles. The first-order chi connectivity index (χ1) is 16.7. The van der Waals surface area contributed by atoms with E-state index in [4.69, 9.17) is 13.6 Å². The number of fused-ring (bicyclic) bond motifs is 1. The molecule has 1 unspecified atom stereocenters. The van der Waals surface area contributed by atoms with Crippen molar-refractivity contribution in [3.05, 3.63) is 82.4 Å². The highest BCUT2D eigenvalue weighted by Gasteiger charge is 2.41. The van der Waals surface area contributed by atoms with Crippen molar-refractivity contribution < 1.29 is 38.6 Å². The minimum Gasteiger partial charge on any atom is -0.508 e. The van der Waals surface area contributed by atoms with Crippen LogP contribution in [0.5, 0.6) is 23.0 Å². The van der Waals surface area contributed by atoms with Crippen LogP contribution in [0.1, 0.15) is 47.6 Å². The molecule has 1 atom stereocenters. The van der Waals surface area contributed by atoms with E-state index < -0.39 is 13.7 Å². The van der Waals surface area contributed by atoms with Gasteiger partial charge in [0, 0.05) is 28.7 Å². The molecule has 0 amide bonds. The summed E-state index contributed by atoms with van der Waals surface area (Å²) in [7, 11) is -4.09. The van der Waals surface area contributed by atoms with E-state index in [2.05, 4.69) is 0 Å². The zero-order chi connectivity index (χ0) is 25.3. The first-order valence-corrected chi connectivity index (χ1v) is 12.6. The summed E-state index contributed by atoms with van der Waals surface area (Å²) in [4.78, 5) is 0. The van der Waals surface area contributed by atoms with Gasteiger partial charge in [0.15, 0.2) is 0 Å². The zero-order valence-electron chi connectivity index (χ0n) is 19.6. The van der Waals surface area contributed by atoms with Crippen molar-refractivity contribution in [2.75, 3.05) is 13.2 Å². The van der Waals surface area contributed by atoms with Crippen LogP contribution in [0.15, 0.2) is 54.6 Å². The molecule has 184 valence electrons. The molecule has 1 aliphatic carbocycles. The number of allylic oxidation sites excluding steroid dienone is 1. The maximum absolute atomic E-state index is 13.4. The summed E-state index contributed by atoms with van der Waals surface area (Å²) in [6.07, 6.45) is 0. The fraction of sp³-hybridized carbons (Fsp3) is 0.231. The van der Waals surface area contributed by atoms with E-state index >= 15 is 0 Å². The smallest absolute Gasteiger partial charge is 0.508 e. The molecular formula is C26H27O8P. The first-order valence-electron chi connectivity index (χ1n) is 11.1. The average molecular weight is 498 g/mol. The van der Waals surface area contributed by atoms with Gasteiger partial charge in [0.2, 0.25) is 0 Å². The number of rotatable bonds is 8. The summed E-state index contributed by atoms with van der Waals surface area (Å²) in [5.74, 6) is -0.915. The van der Waals surface area contributed by atoms with Crippen molar-refractivity contribution in [2.24, 2.45) is 0 Å². The minimum absolute atomic E-state index is 0.0112. The molecule has 0 bridgehead atoms. The summed E-state index contributed by atoms with van der Waals surface area (Å²) in [5.41, 5.74) is 3.17. The molecule has 0 spiro atoms. The van der Waals surface area contributed by atoms with E-state index in [1.807, 2.05) is 13.0 Å². The number of aromatic hydroxyl groups is 4. The highest BCUT2D eigenvalue weighted by atomic mass is 31.2. The van der Waals surface area contributed by atoms with Gasteiger partial charge in [-0.3, -0.25) is 9.05 Å². The molecule has 3 aromatic rings. The zero-order valence-corrected chi connectivity index (χ0v) is 20.5. The number of hydrogen-bond acceptors (Lipinski definition) is 8. The molecule has 8 nitrogen and oxygen atoms in total. The van der Waals surface area contributed by atoms with Crippen LogP contribution in [0.3, 0.4) is 0 Å². The predicted molar refractivity (Wildman–Crippen MR) is 131 cm³/mol. The Kier molecular flexibility index (Phi) is 6.81. The van der Waals surface area contributed by atoms with Gasteiger partial charge in [-0.2, -0.15) is 0 Å². The van der Waals surface area contributed by atoms with E-state index in [0.29, 0.717) is 27.8 Å². The van der Waals surface area contributed by atoms with Crippen LogP contribution in [-0.4, -0.2) is 33.6 Å². The van der Waals surface area contributed by atoms with Crippen LogP contribution in [-0.2, 0) is 18.1 Å². The summed E-state index contributed by atoms with van der Waals surface area (Å²) in [5, 5.41) is 41.4. The van der Waals surface area contributed by atoms with Gasteiger partial charge in [-0.1, -0.05) is 18.2 Å². The molecule has 0 aliphatic heterocycles. The molecule has 35 heavy (non-hydrogen) atoms. The third kappa shape index (κ3) is 4.86. The van der Waals surface area contributed by atoms with Crippen LogP contribution >= 0.6 is 7.82 Å². The first kappa shape index (κ1) is 24.7. The molecule has 4 N–H and O–H groups in total. The fourth-order valence-corrected chi connectivity index (χ4v) is 5.60. The van der Waals surface area contributed by atoms with Crippen molar-refractivity contribution in [1.29, 1.82) is 0 Å². The van der Waals surface area contributed by atoms with Crippen LogP contribution < -0.4 is 0 Å². The standard InChI is InChI=1S/C26H27O8P/c1-4-32-35(31,33-5-2)34-26-21-13-20(29)14-22(30)25(21)23(16-6-8-18(27)9-7-16)24(26)17-10-15(3)11-19(28)12-17/h6-14,23,27-30H,4-5H2,1-3H3. The Hall–Kier alpha value is -3.45. The highest BCUT2D eigenvalue weighted by Crippen LogP contribution is 2.61. The minimum atomic E-state index is -4.09. The van der Waals surface area contributed by atoms with E-state index in [0.717, 1.165) is 5.56 Å². The molecule has 9 heteroatoms. The van der Waals surface area contributed by atoms with E-state index in [9.17, 15) is 25.0 Å². The monoisotopic (exact) mass is 498 g/mol. The summed E-state index contributed by atoms with van der Waals surface area (Å²) in [6.45, 7) is 5.25. The third-order valence-electron chi connectivity index (χ3n) is 5.59. The number of phenols is 4. The number of phenolic OH excluding ortho intramolecular Hbond substituents is 4. The van der Waals surface area contributed by atoms with Gasteiger partial charge >= 0.3 is 7.82 Å². The number of hydrogen-bond donors (Lipinski definition) is 4. The summed E-state index contributed by atoms with van der Waals surface area (Å²) >= 11 is 0. The van der Waals surface area contributed by atoms with E-state index in [-0.39, 0.29) is 42.0 Å². The maximum atomic E-state index is 13.4. The Morgan fingerprint density at radius 2 is 1.46 bits per heavy atom. The number of aryl methyl sites for hydroxylation is 1. The number of phosphoric acid groups is 1. The van der Waals surface area contributed by atoms with Gasteiger partial charge in [0.05, 0.1) is 13.2 Å². The van der Waals surface area contributed by atoms with Gasteiger partial charge in [-0.25, -0.2) is 4.57 Å². The fourth-order valence-electron chi connectivity index (χ4n) is 4.37. The lowest BCUT2D eigenvalue weighted by molar-refractivity contribution is 0.159. The molecule has 4 rings (SSSR count). The SMILES string of the molecule is CCOP(=O)(OCC)OC1=C(c2cc(C)cc(O)c2)C(c2ccc(O)cc2)c2c(O)cc(O)cc21. The van der Waals surface area contributed by atoms with Gasteiger partial charge < -0.3 is 24.9 Å². The Bertz CT molecular complexity index is 1300. The average Bonchev–Trinajstić information content (AvgIpc) is 3.08. The third-order valence-corrected chi connectivity index (χ3v) is 7.14. The summed E-state index contributed by atoms with van der Waals surface area (Å²) in [6, 6.07) is 14.0. The van der Waals surface area contributed by atoms with Crippen molar-refractivity contribution in [2.45, 2.75) is 26.7 Å². The van der Waals surface area contributed by atoms with Crippen molar-refractivity contribution in [1.82, 2.24) is 0 Å². The Labute approximate surface area is 203 Å². The second kappa shape index (κ2) is 9.66. The van der Waals surface area contributed by atoms with Crippen molar-refractivity contribution in [3.63, 3.8) is 0 Å². The van der Waals surface area contributed by atoms with Gasteiger partial charge in [0.1, 0.15) is 28.8 Å². The number of benzene rings is 3. The Balaban J connectivity index is 2.06. The lowest BCUT2D eigenvalue weighted by atomic mass is 9.84. The molecule has 0 radical (unpaired) electrons. The second-order valence-electron chi connectivity index (χ2n) is 8.12. The van der Waals surface area contributed by atoms with Crippen LogP contribution in [0, 0.1) is 6.92 Å². The Morgan fingerprint density at radius 3 is 2.06 bits per heavy atom. The molecule has 0 fully saturated rings. The van der Waals surface area contributed by atoms with Crippen molar-refractivity contribution in [3.8, 4) is 23.0 Å². The lowest BCUT2D eigenvalue weighted by Crippen LogP contribution is -2.03. The second-order valence-corrected chi connectivity index (χ2v) is 9.72. The maximum Gasteiger partial charge on any atom is 0.530 e. The molecule has 0 saturated heterocycles. The number of phosphoric ester groups is 1. The normalized spacial score (nSPS) is 15.3. The Morgan fingerprint density at radius 1 is 0.829 bits per heavy atom. The summed E-state index contributed by atoms with van der Waals surface area (Å²) < 4.78 is 30.1. The van der Waals surface area contributed by atoms with E-state index in [1.165, 1.54) is 30.3 Å². The molecule has 0 aromatic heterocycles. The molecular weight excluding hydrogens is 471 g/mol. The van der Waals surface area contributed by atoms with E-state index in [1.54, 1.807) is 32.0 Å².